The van der Waals surface area contributed by atoms with Gasteiger partial charge in [-0.25, -0.2) is 9.59 Å². The van der Waals surface area contributed by atoms with Gasteiger partial charge in [0.05, 0.1) is 24.3 Å². The molecule has 0 spiro atoms. The van der Waals surface area contributed by atoms with Crippen molar-refractivity contribution in [3.05, 3.63) is 168 Å². The molecule has 1 fully saturated rings. The Morgan fingerprint density at radius 1 is 0.615 bits per heavy atom. The molecule has 0 unspecified atom stereocenters. The lowest BCUT2D eigenvalue weighted by molar-refractivity contribution is -0.293. The predicted octanol–water partition coefficient (Wildman–Crippen LogP) is 6.32. The van der Waals surface area contributed by atoms with E-state index in [1.807, 2.05) is 72.8 Å². The fourth-order valence-electron chi connectivity index (χ4n) is 6.75. The SMILES string of the molecule is CC(C)(C)[Si](OC[C@H]1O[C@H](O)[C@H](OC(=O)c2ccccc2)[C@@H](OCc2ccccc2)[C@H]1OC(=O)c1ccccc1)(c1ccccc1)c1ccccc1. The van der Waals surface area contributed by atoms with E-state index in [-0.39, 0.29) is 23.8 Å². The number of ether oxygens (including phenoxy) is 4. The van der Waals surface area contributed by atoms with Crippen LogP contribution >= 0.6 is 0 Å². The van der Waals surface area contributed by atoms with Crippen molar-refractivity contribution >= 4 is 30.6 Å². The lowest BCUT2D eigenvalue weighted by atomic mass is 9.98. The van der Waals surface area contributed by atoms with Crippen LogP contribution in [0.5, 0.6) is 0 Å². The topological polar surface area (TPSA) is 101 Å². The average molecular weight is 717 g/mol. The van der Waals surface area contributed by atoms with E-state index in [0.717, 1.165) is 15.9 Å². The zero-order valence-corrected chi connectivity index (χ0v) is 30.5. The van der Waals surface area contributed by atoms with E-state index in [1.165, 1.54) is 0 Å². The summed E-state index contributed by atoms with van der Waals surface area (Å²) in [6.07, 6.45) is -6.30. The summed E-state index contributed by atoms with van der Waals surface area (Å²) >= 11 is 0. The number of aliphatic hydroxyl groups is 1. The molecule has 0 bridgehead atoms. The van der Waals surface area contributed by atoms with Crippen LogP contribution in [0.2, 0.25) is 5.04 Å². The zero-order chi connectivity index (χ0) is 36.6. The van der Waals surface area contributed by atoms with E-state index in [9.17, 15) is 14.7 Å². The Kier molecular flexibility index (Phi) is 11.8. The highest BCUT2D eigenvalue weighted by atomic mass is 28.4. The first-order valence-electron chi connectivity index (χ1n) is 17.4. The summed E-state index contributed by atoms with van der Waals surface area (Å²) in [5, 5.41) is 13.4. The Balaban J connectivity index is 1.40. The molecule has 0 aromatic heterocycles. The van der Waals surface area contributed by atoms with Gasteiger partial charge < -0.3 is 28.5 Å². The van der Waals surface area contributed by atoms with Crippen LogP contribution < -0.4 is 10.4 Å². The summed E-state index contributed by atoms with van der Waals surface area (Å²) in [6, 6.07) is 46.8. The molecular formula is C43H44O8Si. The second-order valence-corrected chi connectivity index (χ2v) is 18.1. The molecule has 5 aromatic rings. The molecule has 52 heavy (non-hydrogen) atoms. The van der Waals surface area contributed by atoms with Crippen LogP contribution in [0.3, 0.4) is 0 Å². The summed E-state index contributed by atoms with van der Waals surface area (Å²) in [5.41, 5.74) is 1.44. The second kappa shape index (κ2) is 16.6. The van der Waals surface area contributed by atoms with Crippen molar-refractivity contribution in [1.82, 2.24) is 0 Å². The maximum atomic E-state index is 13.8. The molecule has 1 N–H and O–H groups in total. The molecule has 6 rings (SSSR count). The van der Waals surface area contributed by atoms with Crippen LogP contribution in [-0.4, -0.2) is 62.7 Å². The largest absolute Gasteiger partial charge is 0.453 e. The lowest BCUT2D eigenvalue weighted by Gasteiger charge is -2.47. The van der Waals surface area contributed by atoms with Gasteiger partial charge in [0.15, 0.2) is 18.5 Å². The van der Waals surface area contributed by atoms with Crippen molar-refractivity contribution in [1.29, 1.82) is 0 Å². The third-order valence-electron chi connectivity index (χ3n) is 9.28. The minimum absolute atomic E-state index is 0.0678. The molecular weight excluding hydrogens is 673 g/mol. The van der Waals surface area contributed by atoms with Crippen molar-refractivity contribution in [2.24, 2.45) is 0 Å². The van der Waals surface area contributed by atoms with E-state index in [0.29, 0.717) is 5.56 Å². The summed E-state index contributed by atoms with van der Waals surface area (Å²) < 4.78 is 32.2. The fraction of sp³-hybridized carbons (Fsp3) is 0.256. The van der Waals surface area contributed by atoms with Crippen LogP contribution in [0.15, 0.2) is 152 Å². The van der Waals surface area contributed by atoms with Gasteiger partial charge >= 0.3 is 11.9 Å². The zero-order valence-electron chi connectivity index (χ0n) is 29.5. The van der Waals surface area contributed by atoms with Crippen LogP contribution in [0.1, 0.15) is 47.1 Å². The molecule has 1 heterocycles. The number of hydrogen-bond acceptors (Lipinski definition) is 8. The number of benzene rings is 5. The molecule has 0 saturated carbocycles. The molecule has 5 atom stereocenters. The van der Waals surface area contributed by atoms with Gasteiger partial charge in [-0.1, -0.05) is 148 Å². The number of hydrogen-bond donors (Lipinski definition) is 1. The van der Waals surface area contributed by atoms with Gasteiger partial charge in [-0.05, 0) is 45.2 Å². The van der Waals surface area contributed by atoms with Gasteiger partial charge in [0.25, 0.3) is 8.32 Å². The maximum Gasteiger partial charge on any atom is 0.338 e. The number of carbonyl (C=O) groups excluding carboxylic acids is 2. The molecule has 1 saturated heterocycles. The third-order valence-corrected chi connectivity index (χ3v) is 14.3. The highest BCUT2D eigenvalue weighted by molar-refractivity contribution is 6.99. The summed E-state index contributed by atoms with van der Waals surface area (Å²) in [6.45, 7) is 6.50. The molecule has 8 nitrogen and oxygen atoms in total. The number of rotatable bonds is 12. The lowest BCUT2D eigenvalue weighted by Crippen LogP contribution is -2.68. The molecule has 5 aromatic carbocycles. The number of esters is 2. The summed E-state index contributed by atoms with van der Waals surface area (Å²) in [7, 11) is -3.10. The first-order chi connectivity index (χ1) is 25.2. The molecule has 0 aliphatic carbocycles. The Morgan fingerprint density at radius 3 is 1.50 bits per heavy atom. The van der Waals surface area contributed by atoms with Crippen LogP contribution in [0, 0.1) is 0 Å². The van der Waals surface area contributed by atoms with Gasteiger partial charge in [0, 0.05) is 0 Å². The number of carbonyl (C=O) groups is 2. The van der Waals surface area contributed by atoms with Crippen molar-refractivity contribution in [3.63, 3.8) is 0 Å². The van der Waals surface area contributed by atoms with Crippen LogP contribution in [0.4, 0.5) is 0 Å². The molecule has 1 aliphatic heterocycles. The normalized spacial score (nSPS) is 20.5. The minimum Gasteiger partial charge on any atom is -0.453 e. The fourth-order valence-corrected chi connectivity index (χ4v) is 11.3. The van der Waals surface area contributed by atoms with E-state index < -0.39 is 51.0 Å². The monoisotopic (exact) mass is 716 g/mol. The third kappa shape index (κ3) is 8.25. The van der Waals surface area contributed by atoms with E-state index in [1.54, 1.807) is 54.6 Å². The highest BCUT2D eigenvalue weighted by Crippen LogP contribution is 2.38. The first-order valence-corrected chi connectivity index (χ1v) is 19.3. The highest BCUT2D eigenvalue weighted by Gasteiger charge is 2.54. The Hall–Kier alpha value is -4.90. The smallest absolute Gasteiger partial charge is 0.338 e. The van der Waals surface area contributed by atoms with Crippen LogP contribution in [0.25, 0.3) is 0 Å². The first kappa shape index (κ1) is 36.9. The van der Waals surface area contributed by atoms with Crippen molar-refractivity contribution in [3.8, 4) is 0 Å². The van der Waals surface area contributed by atoms with E-state index in [2.05, 4.69) is 45.0 Å². The second-order valence-electron chi connectivity index (χ2n) is 13.8. The van der Waals surface area contributed by atoms with Crippen LogP contribution in [-0.2, 0) is 30.0 Å². The Bertz CT molecular complexity index is 1830. The maximum absolute atomic E-state index is 13.8. The standard InChI is InChI=1S/C43H44O8Si/c1-43(2,3)52(34-25-15-7-16-26-34,35-27-17-8-18-28-35)48-30-36-37(50-40(44)32-21-11-5-12-22-32)38(47-29-31-19-9-4-10-20-31)39(42(46)49-36)51-41(45)33-23-13-6-14-24-33/h4-28,36-39,42,46H,29-30H2,1-3H3/t36-,37+,38+,39-,42+/m1/s1. The number of aliphatic hydroxyl groups excluding tert-OH is 1. The molecule has 268 valence electrons. The molecule has 0 amide bonds. The molecule has 9 heteroatoms. The minimum atomic E-state index is -3.10. The van der Waals surface area contributed by atoms with Gasteiger partial charge in [-0.15, -0.1) is 0 Å². The van der Waals surface area contributed by atoms with Crippen molar-refractivity contribution in [2.45, 2.75) is 63.1 Å². The van der Waals surface area contributed by atoms with Crippen molar-refractivity contribution < 1.29 is 38.1 Å². The molecule has 0 radical (unpaired) electrons. The van der Waals surface area contributed by atoms with E-state index >= 15 is 0 Å². The molecule has 1 aliphatic rings. The predicted molar refractivity (Wildman–Crippen MR) is 201 cm³/mol. The Labute approximate surface area is 306 Å². The van der Waals surface area contributed by atoms with Gasteiger partial charge in [-0.3, -0.25) is 0 Å². The van der Waals surface area contributed by atoms with E-state index in [4.69, 9.17) is 23.4 Å². The van der Waals surface area contributed by atoms with Crippen molar-refractivity contribution in [2.75, 3.05) is 6.61 Å². The van der Waals surface area contributed by atoms with Gasteiger partial charge in [-0.2, -0.15) is 0 Å². The average Bonchev–Trinajstić information content (AvgIpc) is 3.17. The van der Waals surface area contributed by atoms with Gasteiger partial charge in [0.1, 0.15) is 12.2 Å². The summed E-state index contributed by atoms with van der Waals surface area (Å²) in [5.74, 6) is -1.31. The van der Waals surface area contributed by atoms with Gasteiger partial charge in [0.2, 0.25) is 0 Å². The summed E-state index contributed by atoms with van der Waals surface area (Å²) in [4.78, 5) is 27.2. The Morgan fingerprint density at radius 2 is 1.04 bits per heavy atom. The quantitative estimate of drug-likeness (QED) is 0.118.